The van der Waals surface area contributed by atoms with Gasteiger partial charge in [0, 0.05) is 6.92 Å². The summed E-state index contributed by atoms with van der Waals surface area (Å²) in [4.78, 5) is 11.9. The first-order chi connectivity index (χ1) is 11.6. The van der Waals surface area contributed by atoms with E-state index in [1.54, 1.807) is 0 Å². The molecule has 0 saturated heterocycles. The van der Waals surface area contributed by atoms with Crippen molar-refractivity contribution in [3.8, 4) is 0 Å². The summed E-state index contributed by atoms with van der Waals surface area (Å²) < 4.78 is 37.1. The van der Waals surface area contributed by atoms with Crippen LogP contribution in [0.15, 0.2) is 0 Å². The fourth-order valence-corrected chi connectivity index (χ4v) is 17.9. The molecular weight excluding hydrogens is 449 g/mol. The third-order valence-corrected chi connectivity index (χ3v) is 18.8. The maximum absolute atomic E-state index is 11.9. The predicted octanol–water partition coefficient (Wildman–Crippen LogP) is 4.12. The molecule has 0 atom stereocenters. The van der Waals surface area contributed by atoms with E-state index in [1.165, 1.54) is 6.92 Å². The molecule has 0 saturated carbocycles. The lowest BCUT2D eigenvalue weighted by Crippen LogP contribution is -2.63. The maximum Gasteiger partial charge on any atom is 0.722 e. The number of carbonyl (C=O) groups is 1. The van der Waals surface area contributed by atoms with Crippen LogP contribution in [-0.4, -0.2) is 57.8 Å². The van der Waals surface area contributed by atoms with Crippen LogP contribution in [0.5, 0.6) is 0 Å². The van der Waals surface area contributed by atoms with E-state index >= 15 is 0 Å². The molecule has 162 valence electrons. The van der Waals surface area contributed by atoms with Gasteiger partial charge in [0.15, 0.2) is 33.3 Å². The Labute approximate surface area is 173 Å². The van der Waals surface area contributed by atoms with Gasteiger partial charge in [-0.05, 0) is 78.6 Å². The fourth-order valence-electron chi connectivity index (χ4n) is 1.83. The lowest BCUT2D eigenvalue weighted by molar-refractivity contribution is -0.137. The standard InChI is InChI=1S/C14H40O7Si6/c1-14(15)16-27(20-25(8,9)10,21-26(11,12)13)19-22(17-23(2,3)4)18-24(5,6)7/h22H,1-13H3. The molecule has 0 rings (SSSR count). The van der Waals surface area contributed by atoms with Crippen molar-refractivity contribution in [1.82, 2.24) is 0 Å². The van der Waals surface area contributed by atoms with Gasteiger partial charge in [0.25, 0.3) is 5.97 Å². The van der Waals surface area contributed by atoms with Crippen LogP contribution in [-0.2, 0) is 29.8 Å². The Hall–Kier alpha value is 0.571. The van der Waals surface area contributed by atoms with Crippen LogP contribution >= 0.6 is 0 Å². The molecule has 7 nitrogen and oxygen atoms in total. The lowest BCUT2D eigenvalue weighted by atomic mass is 10.9. The molecule has 0 aromatic carbocycles. The van der Waals surface area contributed by atoms with Crippen molar-refractivity contribution in [1.29, 1.82) is 0 Å². The monoisotopic (exact) mass is 488 g/mol. The van der Waals surface area contributed by atoms with Crippen LogP contribution in [0.3, 0.4) is 0 Å². The van der Waals surface area contributed by atoms with Gasteiger partial charge in [-0.2, -0.15) is 0 Å². The van der Waals surface area contributed by atoms with Crippen molar-refractivity contribution in [2.75, 3.05) is 0 Å². The van der Waals surface area contributed by atoms with Gasteiger partial charge in [-0.1, -0.05) is 0 Å². The highest BCUT2D eigenvalue weighted by Crippen LogP contribution is 2.26. The Morgan fingerprint density at radius 2 is 0.926 bits per heavy atom. The molecule has 0 bridgehead atoms. The third-order valence-electron chi connectivity index (χ3n) is 2.27. The van der Waals surface area contributed by atoms with Gasteiger partial charge >= 0.3 is 18.6 Å². The van der Waals surface area contributed by atoms with Crippen LogP contribution < -0.4 is 0 Å². The van der Waals surface area contributed by atoms with Gasteiger partial charge in [-0.15, -0.1) is 0 Å². The summed E-state index contributed by atoms with van der Waals surface area (Å²) in [6, 6.07) is 0. The molecule has 0 N–H and O–H groups in total. The topological polar surface area (TPSA) is 72.5 Å². The highest BCUT2D eigenvalue weighted by atomic mass is 28.5. The summed E-state index contributed by atoms with van der Waals surface area (Å²) in [5.74, 6) is -0.480. The molecule has 0 aliphatic rings. The molecule has 0 radical (unpaired) electrons. The van der Waals surface area contributed by atoms with Gasteiger partial charge in [-0.3, -0.25) is 4.79 Å². The summed E-state index contributed by atoms with van der Waals surface area (Å²) >= 11 is 0. The first kappa shape index (κ1) is 27.6. The summed E-state index contributed by atoms with van der Waals surface area (Å²) in [7, 11) is -14.6. The van der Waals surface area contributed by atoms with Crippen LogP contribution in [0.2, 0.25) is 78.6 Å². The van der Waals surface area contributed by atoms with Crippen LogP contribution in [0.4, 0.5) is 0 Å². The molecule has 0 aliphatic carbocycles. The average molecular weight is 489 g/mol. The highest BCUT2D eigenvalue weighted by molar-refractivity contribution is 6.87. The summed E-state index contributed by atoms with van der Waals surface area (Å²) in [5, 5.41) is 0. The van der Waals surface area contributed by atoms with E-state index in [1.807, 2.05) is 39.3 Å². The smallest absolute Gasteiger partial charge is 0.453 e. The predicted molar refractivity (Wildman–Crippen MR) is 123 cm³/mol. The van der Waals surface area contributed by atoms with Crippen LogP contribution in [0, 0.1) is 0 Å². The molecule has 0 heterocycles. The van der Waals surface area contributed by atoms with Crippen LogP contribution in [0.1, 0.15) is 6.92 Å². The molecule has 13 heteroatoms. The Morgan fingerprint density at radius 3 is 1.15 bits per heavy atom. The van der Waals surface area contributed by atoms with Crippen molar-refractivity contribution < 1.29 is 29.8 Å². The van der Waals surface area contributed by atoms with E-state index in [-0.39, 0.29) is 0 Å². The van der Waals surface area contributed by atoms with Crippen molar-refractivity contribution >= 4 is 57.8 Å². The molecule has 0 spiro atoms. The van der Waals surface area contributed by atoms with Gasteiger partial charge in [0.05, 0.1) is 0 Å². The van der Waals surface area contributed by atoms with E-state index in [2.05, 4.69) is 39.3 Å². The van der Waals surface area contributed by atoms with E-state index < -0.39 is 57.8 Å². The van der Waals surface area contributed by atoms with E-state index in [0.717, 1.165) is 0 Å². The second-order valence-corrected chi connectivity index (χ2v) is 33.5. The molecular formula is C14H40O7Si6. The maximum atomic E-state index is 11.9. The highest BCUT2D eigenvalue weighted by Gasteiger charge is 2.57. The molecule has 0 aliphatic heterocycles. The van der Waals surface area contributed by atoms with Gasteiger partial charge in [-0.25, -0.2) is 0 Å². The number of rotatable bonds is 11. The zero-order valence-electron chi connectivity index (χ0n) is 19.4. The Kier molecular flexibility index (Phi) is 9.79. The zero-order valence-corrected chi connectivity index (χ0v) is 25.6. The lowest BCUT2D eigenvalue weighted by Gasteiger charge is -2.39. The molecule has 27 heavy (non-hydrogen) atoms. The number of hydrogen-bond donors (Lipinski definition) is 0. The van der Waals surface area contributed by atoms with E-state index in [9.17, 15) is 4.79 Å². The molecule has 0 unspecified atom stereocenters. The minimum absolute atomic E-state index is 0.480. The number of carbonyl (C=O) groups excluding carboxylic acids is 1. The van der Waals surface area contributed by atoms with Crippen molar-refractivity contribution in [3.05, 3.63) is 0 Å². The van der Waals surface area contributed by atoms with Gasteiger partial charge < -0.3 is 25.0 Å². The Morgan fingerprint density at radius 1 is 0.593 bits per heavy atom. The minimum Gasteiger partial charge on any atom is -0.453 e. The van der Waals surface area contributed by atoms with E-state index in [4.69, 9.17) is 25.0 Å². The number of hydrogen-bond acceptors (Lipinski definition) is 7. The van der Waals surface area contributed by atoms with Crippen molar-refractivity contribution in [2.45, 2.75) is 85.5 Å². The van der Waals surface area contributed by atoms with Crippen LogP contribution in [0.25, 0.3) is 0 Å². The second-order valence-electron chi connectivity index (χ2n) is 10.4. The normalized spacial score (nSPS) is 14.6. The summed E-state index contributed by atoms with van der Waals surface area (Å²) in [6.07, 6.45) is 0. The van der Waals surface area contributed by atoms with Gasteiger partial charge in [0.2, 0.25) is 0 Å². The Bertz CT molecular complexity index is 458. The molecule has 0 amide bonds. The van der Waals surface area contributed by atoms with E-state index in [0.29, 0.717) is 0 Å². The molecule has 0 aromatic heterocycles. The Balaban J connectivity index is 6.03. The van der Waals surface area contributed by atoms with Crippen molar-refractivity contribution in [2.24, 2.45) is 0 Å². The van der Waals surface area contributed by atoms with Crippen molar-refractivity contribution in [3.63, 3.8) is 0 Å². The average Bonchev–Trinajstić information content (AvgIpc) is 2.14. The quantitative estimate of drug-likeness (QED) is 0.405. The second kappa shape index (κ2) is 9.59. The minimum atomic E-state index is -3.76. The summed E-state index contributed by atoms with van der Waals surface area (Å²) in [5.41, 5.74) is 0. The molecule has 0 aromatic rings. The van der Waals surface area contributed by atoms with Gasteiger partial charge in [0.1, 0.15) is 0 Å². The summed E-state index contributed by atoms with van der Waals surface area (Å²) in [6.45, 7) is 25.9. The first-order valence-electron chi connectivity index (χ1n) is 9.25. The first-order valence-corrected chi connectivity index (χ1v) is 25.9. The molecule has 0 fully saturated rings. The third kappa shape index (κ3) is 15.1. The zero-order chi connectivity index (χ0) is 21.9. The SMILES string of the molecule is CC(=O)O[Si](O[SiH](O[Si](C)(C)C)O[Si](C)(C)C)(O[Si](C)(C)C)O[Si](C)(C)C. The fraction of sp³-hybridized carbons (Fsp3) is 0.929. The largest absolute Gasteiger partial charge is 0.722 e.